The molecule has 0 aliphatic heterocycles. The van der Waals surface area contributed by atoms with Crippen LogP contribution in [-0.2, 0) is 13.0 Å². The van der Waals surface area contributed by atoms with E-state index < -0.39 is 0 Å². The van der Waals surface area contributed by atoms with Crippen LogP contribution >= 0.6 is 0 Å². The maximum atomic E-state index is 3.65. The molecule has 2 aromatic rings. The average Bonchev–Trinajstić information content (AvgIpc) is 3.20. The highest BCUT2D eigenvalue weighted by atomic mass is 15.1. The van der Waals surface area contributed by atoms with E-state index in [9.17, 15) is 0 Å². The van der Waals surface area contributed by atoms with E-state index >= 15 is 0 Å². The van der Waals surface area contributed by atoms with E-state index in [0.717, 1.165) is 38.5 Å². The Balaban J connectivity index is 1.55. The molecule has 1 aliphatic rings. The molecule has 2 aromatic carbocycles. The van der Waals surface area contributed by atoms with Crippen molar-refractivity contribution in [2.24, 2.45) is 5.92 Å². The molecule has 1 N–H and O–H groups in total. The van der Waals surface area contributed by atoms with E-state index in [1.54, 1.807) is 0 Å². The van der Waals surface area contributed by atoms with Gasteiger partial charge in [0.1, 0.15) is 0 Å². The highest BCUT2D eigenvalue weighted by Gasteiger charge is 2.14. The van der Waals surface area contributed by atoms with Gasteiger partial charge in [0.2, 0.25) is 0 Å². The number of nitrogens with one attached hydrogen (secondary N) is 1. The monoisotopic (exact) mass is 350 g/mol. The maximum absolute atomic E-state index is 3.65. The highest BCUT2D eigenvalue weighted by Crippen LogP contribution is 2.25. The van der Waals surface area contributed by atoms with Gasteiger partial charge in [-0.05, 0) is 67.1 Å². The van der Waals surface area contributed by atoms with Crippen molar-refractivity contribution in [2.45, 2.75) is 52.5 Å². The van der Waals surface area contributed by atoms with E-state index in [4.69, 9.17) is 0 Å². The summed E-state index contributed by atoms with van der Waals surface area (Å²) in [6.07, 6.45) is 6.62. The summed E-state index contributed by atoms with van der Waals surface area (Å²) in [4.78, 5) is 2.45. The Hall–Kier alpha value is -1.80. The third-order valence-electron chi connectivity index (χ3n) is 5.73. The highest BCUT2D eigenvalue weighted by molar-refractivity contribution is 5.47. The quantitative estimate of drug-likeness (QED) is 0.622. The van der Waals surface area contributed by atoms with Gasteiger partial charge < -0.3 is 5.32 Å². The molecule has 2 nitrogen and oxygen atoms in total. The number of nitrogens with zero attached hydrogens (tertiary/aromatic N) is 1. The van der Waals surface area contributed by atoms with E-state index in [1.165, 1.54) is 48.1 Å². The molecule has 0 spiro atoms. The molecule has 0 aromatic heterocycles. The zero-order valence-electron chi connectivity index (χ0n) is 16.5. The van der Waals surface area contributed by atoms with E-state index in [2.05, 4.69) is 72.6 Å². The first kappa shape index (κ1) is 19.0. The normalized spacial score (nSPS) is 14.9. The number of hydrogen-bond donors (Lipinski definition) is 1. The number of hydrogen-bond acceptors (Lipinski definition) is 2. The van der Waals surface area contributed by atoms with Crippen molar-refractivity contribution < 1.29 is 0 Å². The van der Waals surface area contributed by atoms with Crippen molar-refractivity contribution in [3.05, 3.63) is 65.2 Å². The molecule has 0 radical (unpaired) electrons. The van der Waals surface area contributed by atoms with Gasteiger partial charge >= 0.3 is 0 Å². The lowest BCUT2D eigenvalue weighted by Gasteiger charge is -2.18. The van der Waals surface area contributed by atoms with Crippen molar-refractivity contribution in [3.8, 4) is 0 Å². The van der Waals surface area contributed by atoms with E-state index in [-0.39, 0.29) is 0 Å². The van der Waals surface area contributed by atoms with Crippen LogP contribution in [0, 0.1) is 5.92 Å². The molecule has 3 rings (SSSR count). The number of rotatable bonds is 9. The van der Waals surface area contributed by atoms with Crippen LogP contribution < -0.4 is 5.32 Å². The molecule has 0 heterocycles. The van der Waals surface area contributed by atoms with E-state index in [1.807, 2.05) is 0 Å². The number of benzene rings is 2. The van der Waals surface area contributed by atoms with Gasteiger partial charge in [0.05, 0.1) is 0 Å². The summed E-state index contributed by atoms with van der Waals surface area (Å²) in [5.41, 5.74) is 5.45. The van der Waals surface area contributed by atoms with E-state index in [0.29, 0.717) is 0 Å². The predicted octanol–water partition coefficient (Wildman–Crippen LogP) is 5.72. The SMILES string of the molecule is CCN(CC)Cc1ccc(Cc2cccc(NCC3CCCC3)c2)cc1. The minimum absolute atomic E-state index is 0.872. The van der Waals surface area contributed by atoms with Gasteiger partial charge in [-0.2, -0.15) is 0 Å². The minimum Gasteiger partial charge on any atom is -0.385 e. The van der Waals surface area contributed by atoms with Gasteiger partial charge in [-0.3, -0.25) is 4.90 Å². The summed E-state index contributed by atoms with van der Waals surface area (Å²) in [6.45, 7) is 8.85. The molecule has 1 fully saturated rings. The van der Waals surface area contributed by atoms with Crippen LogP contribution in [0.3, 0.4) is 0 Å². The molecule has 0 bridgehead atoms. The fourth-order valence-electron chi connectivity index (χ4n) is 3.97. The van der Waals surface area contributed by atoms with Crippen LogP contribution in [-0.4, -0.2) is 24.5 Å². The summed E-state index contributed by atoms with van der Waals surface area (Å²) in [5.74, 6) is 0.872. The van der Waals surface area contributed by atoms with Crippen molar-refractivity contribution >= 4 is 5.69 Å². The third kappa shape index (κ3) is 5.60. The molecule has 0 unspecified atom stereocenters. The first-order valence-electron chi connectivity index (χ1n) is 10.4. The van der Waals surface area contributed by atoms with Gasteiger partial charge in [-0.1, -0.05) is 63.1 Å². The van der Waals surface area contributed by atoms with Gasteiger partial charge in [0.25, 0.3) is 0 Å². The third-order valence-corrected chi connectivity index (χ3v) is 5.73. The van der Waals surface area contributed by atoms with Gasteiger partial charge in [-0.15, -0.1) is 0 Å². The molecule has 1 saturated carbocycles. The molecular formula is C24H34N2. The Kier molecular flexibility index (Phi) is 7.13. The van der Waals surface area contributed by atoms with Crippen molar-refractivity contribution in [1.29, 1.82) is 0 Å². The maximum Gasteiger partial charge on any atom is 0.0343 e. The summed E-state index contributed by atoms with van der Waals surface area (Å²) in [6, 6.07) is 18.1. The molecule has 1 aliphatic carbocycles. The van der Waals surface area contributed by atoms with Crippen LogP contribution in [0.25, 0.3) is 0 Å². The lowest BCUT2D eigenvalue weighted by molar-refractivity contribution is 0.296. The van der Waals surface area contributed by atoms with Gasteiger partial charge in [0.15, 0.2) is 0 Å². The molecule has 0 amide bonds. The summed E-state index contributed by atoms with van der Waals surface area (Å²) < 4.78 is 0. The Morgan fingerprint density at radius 1 is 0.885 bits per heavy atom. The summed E-state index contributed by atoms with van der Waals surface area (Å²) >= 11 is 0. The second kappa shape index (κ2) is 9.78. The topological polar surface area (TPSA) is 15.3 Å². The first-order chi connectivity index (χ1) is 12.8. The average molecular weight is 351 g/mol. The van der Waals surface area contributed by atoms with Crippen LogP contribution in [0.2, 0.25) is 0 Å². The van der Waals surface area contributed by atoms with Crippen LogP contribution in [0.5, 0.6) is 0 Å². The Bertz CT molecular complexity index is 652. The van der Waals surface area contributed by atoms with Crippen molar-refractivity contribution in [1.82, 2.24) is 4.90 Å². The standard InChI is InChI=1S/C24H34N2/c1-3-26(4-2)19-22-14-12-20(13-15-22)16-23-10-7-11-24(17-23)25-18-21-8-5-6-9-21/h7,10-15,17,21,25H,3-6,8-9,16,18-19H2,1-2H3. The zero-order valence-corrected chi connectivity index (χ0v) is 16.5. The minimum atomic E-state index is 0.872. The smallest absolute Gasteiger partial charge is 0.0343 e. The number of anilines is 1. The molecule has 26 heavy (non-hydrogen) atoms. The Labute approximate surface area is 159 Å². The van der Waals surface area contributed by atoms with Crippen molar-refractivity contribution in [3.63, 3.8) is 0 Å². The Morgan fingerprint density at radius 3 is 2.27 bits per heavy atom. The largest absolute Gasteiger partial charge is 0.385 e. The second-order valence-electron chi connectivity index (χ2n) is 7.69. The lowest BCUT2D eigenvalue weighted by atomic mass is 10.0. The van der Waals surface area contributed by atoms with Crippen molar-refractivity contribution in [2.75, 3.05) is 25.0 Å². The first-order valence-corrected chi connectivity index (χ1v) is 10.4. The lowest BCUT2D eigenvalue weighted by Crippen LogP contribution is -2.22. The molecular weight excluding hydrogens is 316 g/mol. The van der Waals surface area contributed by atoms with Gasteiger partial charge in [0, 0.05) is 18.8 Å². The van der Waals surface area contributed by atoms with Crippen LogP contribution in [0.1, 0.15) is 56.2 Å². The fourth-order valence-corrected chi connectivity index (χ4v) is 3.97. The fraction of sp³-hybridized carbons (Fsp3) is 0.500. The molecule has 140 valence electrons. The van der Waals surface area contributed by atoms with Gasteiger partial charge in [-0.25, -0.2) is 0 Å². The van der Waals surface area contributed by atoms with Crippen LogP contribution in [0.15, 0.2) is 48.5 Å². The van der Waals surface area contributed by atoms with Crippen LogP contribution in [0.4, 0.5) is 5.69 Å². The Morgan fingerprint density at radius 2 is 1.58 bits per heavy atom. The molecule has 0 atom stereocenters. The zero-order chi connectivity index (χ0) is 18.2. The molecule has 2 heteroatoms. The molecule has 0 saturated heterocycles. The summed E-state index contributed by atoms with van der Waals surface area (Å²) in [5, 5.41) is 3.65. The summed E-state index contributed by atoms with van der Waals surface area (Å²) in [7, 11) is 0. The second-order valence-corrected chi connectivity index (χ2v) is 7.69. The predicted molar refractivity (Wildman–Crippen MR) is 113 cm³/mol.